The largest absolute Gasteiger partial charge is 0.334 e. The zero-order valence-corrected chi connectivity index (χ0v) is 22.2. The van der Waals surface area contributed by atoms with Crippen molar-refractivity contribution in [1.29, 1.82) is 0 Å². The van der Waals surface area contributed by atoms with Crippen LogP contribution in [0.3, 0.4) is 0 Å². The Morgan fingerprint density at radius 1 is 0.947 bits per heavy atom. The van der Waals surface area contributed by atoms with Gasteiger partial charge in [-0.05, 0) is 60.7 Å². The third-order valence-corrected chi connectivity index (χ3v) is 7.81. The van der Waals surface area contributed by atoms with Crippen molar-refractivity contribution in [2.24, 2.45) is 0 Å². The Labute approximate surface area is 226 Å². The standard InChI is InChI=1S/C31H29N5OS/c1-22-27-21-35(31(37)32-20-23-10-5-3-6-11-23)29(24-15-17-26(38-2)18-16-24)28-14-9-19-34(28)30(27)36(33-22)25-12-7-4-8-13-25/h3-19,29H,20-21H2,1-2H3,(H,32,37)/t29-/m1/s1. The first-order valence-electron chi connectivity index (χ1n) is 12.7. The Bertz CT molecular complexity index is 1560. The van der Waals surface area contributed by atoms with E-state index < -0.39 is 0 Å². The number of nitrogens with one attached hydrogen (secondary N) is 1. The second-order valence-corrected chi connectivity index (χ2v) is 10.3. The quantitative estimate of drug-likeness (QED) is 0.269. The number of thioether (sulfide) groups is 1. The van der Waals surface area contributed by atoms with E-state index in [4.69, 9.17) is 5.10 Å². The number of carbonyl (C=O) groups excluding carboxylic acids is 1. The maximum atomic E-state index is 13.9. The maximum absolute atomic E-state index is 13.9. The molecule has 2 aromatic heterocycles. The van der Waals surface area contributed by atoms with Gasteiger partial charge in [0.05, 0.1) is 29.7 Å². The lowest BCUT2D eigenvalue weighted by atomic mass is 10.0. The number of aryl methyl sites for hydroxylation is 1. The van der Waals surface area contributed by atoms with Gasteiger partial charge in [0.15, 0.2) is 0 Å². The molecule has 0 radical (unpaired) electrons. The SMILES string of the molecule is CSc1ccc([C@@H]2c3cccn3-c3c(c(C)nn3-c3ccccc3)CN2C(=O)NCc2ccccc2)cc1. The molecule has 7 heteroatoms. The number of benzene rings is 3. The number of amides is 2. The highest BCUT2D eigenvalue weighted by atomic mass is 32.2. The van der Waals surface area contributed by atoms with Crippen molar-refractivity contribution in [3.8, 4) is 11.5 Å². The molecule has 1 aliphatic heterocycles. The molecule has 2 amide bonds. The molecule has 190 valence electrons. The van der Waals surface area contributed by atoms with Crippen LogP contribution in [-0.4, -0.2) is 31.5 Å². The van der Waals surface area contributed by atoms with E-state index in [9.17, 15) is 4.79 Å². The Morgan fingerprint density at radius 3 is 2.37 bits per heavy atom. The highest BCUT2D eigenvalue weighted by molar-refractivity contribution is 7.98. The lowest BCUT2D eigenvalue weighted by molar-refractivity contribution is 0.180. The van der Waals surface area contributed by atoms with Crippen molar-refractivity contribution >= 4 is 17.8 Å². The van der Waals surface area contributed by atoms with Gasteiger partial charge in [-0.3, -0.25) is 0 Å². The molecule has 0 bridgehead atoms. The number of carbonyl (C=O) groups is 1. The van der Waals surface area contributed by atoms with Crippen LogP contribution in [0.4, 0.5) is 4.79 Å². The number of aromatic nitrogens is 3. The van der Waals surface area contributed by atoms with Gasteiger partial charge in [0.2, 0.25) is 0 Å². The first-order chi connectivity index (χ1) is 18.6. The van der Waals surface area contributed by atoms with Crippen LogP contribution < -0.4 is 5.32 Å². The van der Waals surface area contributed by atoms with E-state index in [0.29, 0.717) is 13.1 Å². The summed E-state index contributed by atoms with van der Waals surface area (Å²) in [5.74, 6) is 0.970. The van der Waals surface area contributed by atoms with Crippen molar-refractivity contribution in [3.05, 3.63) is 131 Å². The van der Waals surface area contributed by atoms with Gasteiger partial charge in [-0.2, -0.15) is 5.10 Å². The summed E-state index contributed by atoms with van der Waals surface area (Å²) < 4.78 is 4.19. The smallest absolute Gasteiger partial charge is 0.318 e. The first kappa shape index (κ1) is 24.1. The molecule has 0 saturated heterocycles. The van der Waals surface area contributed by atoms with Gasteiger partial charge in [-0.25, -0.2) is 9.48 Å². The van der Waals surface area contributed by atoms with Crippen LogP contribution in [0.1, 0.15) is 34.1 Å². The van der Waals surface area contributed by atoms with Crippen LogP contribution in [0.2, 0.25) is 0 Å². The molecular formula is C31H29N5OS. The second kappa shape index (κ2) is 10.3. The fourth-order valence-corrected chi connectivity index (χ4v) is 5.57. The normalized spacial score (nSPS) is 14.5. The van der Waals surface area contributed by atoms with Crippen molar-refractivity contribution in [2.75, 3.05) is 6.26 Å². The van der Waals surface area contributed by atoms with E-state index >= 15 is 0 Å². The molecule has 0 fully saturated rings. The molecular weight excluding hydrogens is 490 g/mol. The Balaban J connectivity index is 1.48. The van der Waals surface area contributed by atoms with Crippen LogP contribution in [0.5, 0.6) is 0 Å². The summed E-state index contributed by atoms with van der Waals surface area (Å²) in [6, 6.07) is 32.5. The number of nitrogens with zero attached hydrogens (tertiary/aromatic N) is 4. The number of fused-ring (bicyclic) bond motifs is 3. The van der Waals surface area contributed by atoms with Gasteiger partial charge in [0.1, 0.15) is 5.82 Å². The van der Waals surface area contributed by atoms with Gasteiger partial charge in [-0.1, -0.05) is 60.7 Å². The Morgan fingerprint density at radius 2 is 1.66 bits per heavy atom. The molecule has 0 aliphatic carbocycles. The highest BCUT2D eigenvalue weighted by Gasteiger charge is 2.35. The molecule has 0 saturated carbocycles. The lowest BCUT2D eigenvalue weighted by Gasteiger charge is -2.31. The fraction of sp³-hybridized carbons (Fsp3) is 0.161. The van der Waals surface area contributed by atoms with Gasteiger partial charge < -0.3 is 14.8 Å². The lowest BCUT2D eigenvalue weighted by Crippen LogP contribution is -2.41. The van der Waals surface area contributed by atoms with E-state index in [1.54, 1.807) is 11.8 Å². The molecule has 5 aromatic rings. The van der Waals surface area contributed by atoms with E-state index in [0.717, 1.165) is 39.6 Å². The highest BCUT2D eigenvalue weighted by Crippen LogP contribution is 2.38. The average Bonchev–Trinajstić information content (AvgIpc) is 3.53. The first-order valence-corrected chi connectivity index (χ1v) is 13.9. The van der Waals surface area contributed by atoms with Crippen LogP contribution in [-0.2, 0) is 13.1 Å². The fourth-order valence-electron chi connectivity index (χ4n) is 5.16. The predicted molar refractivity (Wildman–Crippen MR) is 152 cm³/mol. The molecule has 6 rings (SSSR count). The second-order valence-electron chi connectivity index (χ2n) is 9.39. The van der Waals surface area contributed by atoms with Crippen LogP contribution >= 0.6 is 11.8 Å². The maximum Gasteiger partial charge on any atom is 0.318 e. The van der Waals surface area contributed by atoms with Gasteiger partial charge >= 0.3 is 6.03 Å². The predicted octanol–water partition coefficient (Wildman–Crippen LogP) is 6.51. The Hall–Kier alpha value is -4.23. The Kier molecular flexibility index (Phi) is 6.52. The summed E-state index contributed by atoms with van der Waals surface area (Å²) in [4.78, 5) is 17.1. The summed E-state index contributed by atoms with van der Waals surface area (Å²) >= 11 is 1.71. The summed E-state index contributed by atoms with van der Waals surface area (Å²) in [6.45, 7) is 2.92. The van der Waals surface area contributed by atoms with Crippen molar-refractivity contribution < 1.29 is 4.79 Å². The van der Waals surface area contributed by atoms with Crippen molar-refractivity contribution in [1.82, 2.24) is 24.6 Å². The molecule has 6 nitrogen and oxygen atoms in total. The molecule has 3 aromatic carbocycles. The van der Waals surface area contributed by atoms with E-state index in [1.165, 1.54) is 4.90 Å². The summed E-state index contributed by atoms with van der Waals surface area (Å²) in [5, 5.41) is 8.10. The minimum Gasteiger partial charge on any atom is -0.334 e. The molecule has 1 N–H and O–H groups in total. The topological polar surface area (TPSA) is 55.1 Å². The van der Waals surface area contributed by atoms with E-state index in [-0.39, 0.29) is 12.1 Å². The van der Waals surface area contributed by atoms with Crippen molar-refractivity contribution in [2.45, 2.75) is 31.0 Å². The van der Waals surface area contributed by atoms with Gasteiger partial charge in [0.25, 0.3) is 0 Å². The summed E-state index contributed by atoms with van der Waals surface area (Å²) in [7, 11) is 0. The molecule has 0 spiro atoms. The molecule has 0 unspecified atom stereocenters. The van der Waals surface area contributed by atoms with Gasteiger partial charge in [0, 0.05) is 23.2 Å². The molecule has 1 atom stereocenters. The van der Waals surface area contributed by atoms with Crippen LogP contribution in [0, 0.1) is 6.92 Å². The van der Waals surface area contributed by atoms with Crippen molar-refractivity contribution in [3.63, 3.8) is 0 Å². The van der Waals surface area contributed by atoms with Crippen LogP contribution in [0.25, 0.3) is 11.5 Å². The van der Waals surface area contributed by atoms with E-state index in [1.807, 2.05) is 71.1 Å². The zero-order chi connectivity index (χ0) is 26.1. The molecule has 1 aliphatic rings. The number of hydrogen-bond acceptors (Lipinski definition) is 3. The number of hydrogen-bond donors (Lipinski definition) is 1. The average molecular weight is 520 g/mol. The number of para-hydroxylation sites is 1. The number of rotatable bonds is 5. The third-order valence-electron chi connectivity index (χ3n) is 7.07. The zero-order valence-electron chi connectivity index (χ0n) is 21.4. The van der Waals surface area contributed by atoms with Crippen LogP contribution in [0.15, 0.2) is 108 Å². The third kappa shape index (κ3) is 4.39. The minimum atomic E-state index is -0.271. The summed E-state index contributed by atoms with van der Waals surface area (Å²) in [6.07, 6.45) is 4.15. The summed E-state index contributed by atoms with van der Waals surface area (Å²) in [5.41, 5.74) is 6.08. The number of urea groups is 1. The molecule has 3 heterocycles. The van der Waals surface area contributed by atoms with E-state index in [2.05, 4.69) is 64.8 Å². The van der Waals surface area contributed by atoms with Gasteiger partial charge in [-0.15, -0.1) is 11.8 Å². The monoisotopic (exact) mass is 519 g/mol. The minimum absolute atomic E-state index is 0.111. The molecule has 38 heavy (non-hydrogen) atoms.